The lowest BCUT2D eigenvalue weighted by molar-refractivity contribution is 0.671. The zero-order valence-electron chi connectivity index (χ0n) is 11.0. The molecule has 2 N–H and O–H groups in total. The normalized spacial score (nSPS) is 11.1. The predicted molar refractivity (Wildman–Crippen MR) is 72.3 cm³/mol. The molecule has 4 nitrogen and oxygen atoms in total. The number of nitrogens with zero attached hydrogens (tertiary/aromatic N) is 2. The van der Waals surface area contributed by atoms with Crippen molar-refractivity contribution in [1.82, 2.24) is 20.5 Å². The second-order valence-corrected chi connectivity index (χ2v) is 4.76. The van der Waals surface area contributed by atoms with E-state index in [-0.39, 0.29) is 0 Å². The summed E-state index contributed by atoms with van der Waals surface area (Å²) in [5, 5.41) is 10.1. The maximum Gasteiger partial charge on any atom is 0.137 e. The highest BCUT2D eigenvalue weighted by molar-refractivity contribution is 5.24. The quantitative estimate of drug-likeness (QED) is 0.766. The molecule has 18 heavy (non-hydrogen) atoms. The summed E-state index contributed by atoms with van der Waals surface area (Å²) in [5.74, 6) is 1.52. The summed E-state index contributed by atoms with van der Waals surface area (Å²) < 4.78 is 0. The Hall–Kier alpha value is -1.68. The summed E-state index contributed by atoms with van der Waals surface area (Å²) >= 11 is 0. The number of benzene rings is 1. The summed E-state index contributed by atoms with van der Waals surface area (Å²) in [6.07, 6.45) is 2.42. The topological polar surface area (TPSA) is 53.6 Å². The minimum Gasteiger partial charge on any atom is -0.312 e. The van der Waals surface area contributed by atoms with Gasteiger partial charge in [0.05, 0.1) is 0 Å². The molecule has 0 amide bonds. The molecule has 0 aliphatic rings. The highest BCUT2D eigenvalue weighted by atomic mass is 15.2. The van der Waals surface area contributed by atoms with Crippen molar-refractivity contribution < 1.29 is 0 Å². The highest BCUT2D eigenvalue weighted by Crippen LogP contribution is 2.14. The molecule has 0 aliphatic carbocycles. The smallest absolute Gasteiger partial charge is 0.137 e. The molecular weight excluding hydrogens is 224 g/mol. The molecule has 1 aromatic carbocycles. The largest absolute Gasteiger partial charge is 0.312 e. The van der Waals surface area contributed by atoms with Gasteiger partial charge in [-0.25, -0.2) is 4.98 Å². The highest BCUT2D eigenvalue weighted by Gasteiger charge is 1.99. The first kappa shape index (κ1) is 12.8. The fraction of sp³-hybridized carbons (Fsp3) is 0.429. The van der Waals surface area contributed by atoms with E-state index < -0.39 is 0 Å². The number of nitrogens with one attached hydrogen (secondary N) is 2. The molecule has 2 aromatic rings. The van der Waals surface area contributed by atoms with E-state index in [0.29, 0.717) is 5.92 Å². The first-order valence-electron chi connectivity index (χ1n) is 6.39. The summed E-state index contributed by atoms with van der Waals surface area (Å²) in [4.78, 5) is 4.09. The zero-order chi connectivity index (χ0) is 12.8. The Kier molecular flexibility index (Phi) is 4.47. The van der Waals surface area contributed by atoms with E-state index >= 15 is 0 Å². The number of aromatic nitrogens is 3. The van der Waals surface area contributed by atoms with Gasteiger partial charge in [0.15, 0.2) is 0 Å². The lowest BCUT2D eigenvalue weighted by Crippen LogP contribution is -2.17. The van der Waals surface area contributed by atoms with Crippen LogP contribution in [-0.4, -0.2) is 21.7 Å². The van der Waals surface area contributed by atoms with Crippen molar-refractivity contribution in [2.75, 3.05) is 6.54 Å². The predicted octanol–water partition coefficient (Wildman–Crippen LogP) is 2.26. The van der Waals surface area contributed by atoms with E-state index in [4.69, 9.17) is 0 Å². The van der Waals surface area contributed by atoms with Gasteiger partial charge < -0.3 is 5.32 Å². The summed E-state index contributed by atoms with van der Waals surface area (Å²) in [6, 6.07) is 8.80. The fourth-order valence-electron chi connectivity index (χ4n) is 1.81. The van der Waals surface area contributed by atoms with Gasteiger partial charge in [-0.1, -0.05) is 38.1 Å². The van der Waals surface area contributed by atoms with Crippen LogP contribution in [0.1, 0.15) is 36.7 Å². The van der Waals surface area contributed by atoms with E-state index in [1.165, 1.54) is 11.1 Å². The third kappa shape index (κ3) is 3.67. The number of rotatable bonds is 6. The second kappa shape index (κ2) is 6.31. The van der Waals surface area contributed by atoms with Gasteiger partial charge >= 0.3 is 0 Å². The molecule has 2 rings (SSSR count). The monoisotopic (exact) mass is 244 g/mol. The molecule has 0 saturated heterocycles. The molecule has 96 valence electrons. The SMILES string of the molecule is CC(C)c1ccc(CNCCc2ncn[nH]2)cc1. The molecular formula is C14H20N4. The van der Waals surface area contributed by atoms with Crippen molar-refractivity contribution in [3.63, 3.8) is 0 Å². The van der Waals surface area contributed by atoms with Crippen molar-refractivity contribution in [2.24, 2.45) is 0 Å². The van der Waals surface area contributed by atoms with Crippen LogP contribution in [0.4, 0.5) is 0 Å². The van der Waals surface area contributed by atoms with Gasteiger partial charge in [-0.2, -0.15) is 5.10 Å². The maximum absolute atomic E-state index is 4.09. The Balaban J connectivity index is 1.73. The van der Waals surface area contributed by atoms with Crippen molar-refractivity contribution in [3.05, 3.63) is 47.5 Å². The molecule has 0 spiro atoms. The Morgan fingerprint density at radius 3 is 2.61 bits per heavy atom. The van der Waals surface area contributed by atoms with E-state index in [0.717, 1.165) is 25.3 Å². The minimum absolute atomic E-state index is 0.596. The van der Waals surface area contributed by atoms with Gasteiger partial charge in [0.25, 0.3) is 0 Å². The van der Waals surface area contributed by atoms with Crippen LogP contribution in [0.5, 0.6) is 0 Å². The van der Waals surface area contributed by atoms with Gasteiger partial charge in [0.2, 0.25) is 0 Å². The Morgan fingerprint density at radius 2 is 2.00 bits per heavy atom. The average Bonchev–Trinajstić information content (AvgIpc) is 2.88. The van der Waals surface area contributed by atoms with E-state index in [2.05, 4.69) is 58.6 Å². The van der Waals surface area contributed by atoms with Crippen LogP contribution in [0.15, 0.2) is 30.6 Å². The zero-order valence-corrected chi connectivity index (χ0v) is 11.0. The molecule has 0 unspecified atom stereocenters. The van der Waals surface area contributed by atoms with Crippen LogP contribution in [0.25, 0.3) is 0 Å². The van der Waals surface area contributed by atoms with Crippen molar-refractivity contribution in [3.8, 4) is 0 Å². The standard InChI is InChI=1S/C14H20N4/c1-11(2)13-5-3-12(4-6-13)9-15-8-7-14-16-10-17-18-14/h3-6,10-11,15H,7-9H2,1-2H3,(H,16,17,18). The van der Waals surface area contributed by atoms with Crippen LogP contribution in [0.3, 0.4) is 0 Å². The molecule has 0 bridgehead atoms. The maximum atomic E-state index is 4.09. The van der Waals surface area contributed by atoms with Crippen LogP contribution in [0, 0.1) is 0 Å². The van der Waals surface area contributed by atoms with Gasteiger partial charge in [-0.3, -0.25) is 5.10 Å². The van der Waals surface area contributed by atoms with Crippen LogP contribution >= 0.6 is 0 Å². The van der Waals surface area contributed by atoms with E-state index in [1.807, 2.05) is 0 Å². The lowest BCUT2D eigenvalue weighted by atomic mass is 10.0. The van der Waals surface area contributed by atoms with Crippen molar-refractivity contribution in [1.29, 1.82) is 0 Å². The number of hydrogen-bond donors (Lipinski definition) is 2. The molecule has 1 heterocycles. The molecule has 0 aliphatic heterocycles. The molecule has 4 heteroatoms. The van der Waals surface area contributed by atoms with Gasteiger partial charge in [0.1, 0.15) is 12.2 Å². The van der Waals surface area contributed by atoms with Crippen LogP contribution in [0.2, 0.25) is 0 Å². The first-order valence-corrected chi connectivity index (χ1v) is 6.39. The Morgan fingerprint density at radius 1 is 1.22 bits per heavy atom. The Bertz CT molecular complexity index is 445. The summed E-state index contributed by atoms with van der Waals surface area (Å²) in [7, 11) is 0. The van der Waals surface area contributed by atoms with E-state index in [1.54, 1.807) is 6.33 Å². The van der Waals surface area contributed by atoms with Gasteiger partial charge in [-0.05, 0) is 17.0 Å². The van der Waals surface area contributed by atoms with Gasteiger partial charge in [-0.15, -0.1) is 0 Å². The third-order valence-electron chi connectivity index (χ3n) is 2.98. The Labute approximate surface area is 108 Å². The van der Waals surface area contributed by atoms with Crippen molar-refractivity contribution in [2.45, 2.75) is 32.7 Å². The minimum atomic E-state index is 0.596. The molecule has 0 saturated carbocycles. The molecule has 0 radical (unpaired) electrons. The van der Waals surface area contributed by atoms with Crippen molar-refractivity contribution >= 4 is 0 Å². The molecule has 1 aromatic heterocycles. The summed E-state index contributed by atoms with van der Waals surface area (Å²) in [6.45, 7) is 6.23. The second-order valence-electron chi connectivity index (χ2n) is 4.76. The molecule has 0 atom stereocenters. The summed E-state index contributed by atoms with van der Waals surface area (Å²) in [5.41, 5.74) is 2.71. The third-order valence-corrected chi connectivity index (χ3v) is 2.98. The number of aromatic amines is 1. The van der Waals surface area contributed by atoms with Crippen LogP contribution in [-0.2, 0) is 13.0 Å². The first-order chi connectivity index (χ1) is 8.75. The number of hydrogen-bond acceptors (Lipinski definition) is 3. The number of H-pyrrole nitrogens is 1. The molecule has 0 fully saturated rings. The van der Waals surface area contributed by atoms with E-state index in [9.17, 15) is 0 Å². The van der Waals surface area contributed by atoms with Crippen LogP contribution < -0.4 is 5.32 Å². The van der Waals surface area contributed by atoms with Gasteiger partial charge in [0, 0.05) is 19.5 Å². The lowest BCUT2D eigenvalue weighted by Gasteiger charge is -2.07. The average molecular weight is 244 g/mol. The fourth-order valence-corrected chi connectivity index (χ4v) is 1.81.